The summed E-state index contributed by atoms with van der Waals surface area (Å²) in [5.41, 5.74) is 2.26. The molecule has 3 rings (SSSR count). The highest BCUT2D eigenvalue weighted by Gasteiger charge is 2.16. The van der Waals surface area contributed by atoms with Crippen LogP contribution in [0.2, 0.25) is 0 Å². The van der Waals surface area contributed by atoms with E-state index in [4.69, 9.17) is 9.47 Å². The SMILES string of the molecule is COc1cc(C)ccc1OCCC(=O)Nc1nc2c(s1)CCCC2. The van der Waals surface area contributed by atoms with E-state index in [1.807, 2.05) is 25.1 Å². The van der Waals surface area contributed by atoms with E-state index >= 15 is 0 Å². The zero-order chi connectivity index (χ0) is 16.9. The van der Waals surface area contributed by atoms with Gasteiger partial charge in [-0.1, -0.05) is 6.07 Å². The Morgan fingerprint density at radius 2 is 2.12 bits per heavy atom. The van der Waals surface area contributed by atoms with Crippen LogP contribution in [0.25, 0.3) is 0 Å². The minimum Gasteiger partial charge on any atom is -0.493 e. The van der Waals surface area contributed by atoms with Crippen molar-refractivity contribution < 1.29 is 14.3 Å². The number of methoxy groups -OCH3 is 1. The third kappa shape index (κ3) is 4.06. The highest BCUT2D eigenvalue weighted by atomic mass is 32.1. The molecule has 0 fully saturated rings. The van der Waals surface area contributed by atoms with Crippen molar-refractivity contribution in [1.82, 2.24) is 4.98 Å². The number of thiazole rings is 1. The molecule has 1 aromatic carbocycles. The molecule has 1 heterocycles. The number of amides is 1. The fourth-order valence-corrected chi connectivity index (χ4v) is 3.80. The molecule has 6 heteroatoms. The fourth-order valence-electron chi connectivity index (χ4n) is 2.73. The largest absolute Gasteiger partial charge is 0.493 e. The average molecular weight is 346 g/mol. The topological polar surface area (TPSA) is 60.5 Å². The summed E-state index contributed by atoms with van der Waals surface area (Å²) in [4.78, 5) is 17.9. The van der Waals surface area contributed by atoms with E-state index in [-0.39, 0.29) is 12.3 Å². The molecule has 0 aliphatic heterocycles. The maximum absolute atomic E-state index is 12.1. The quantitative estimate of drug-likeness (QED) is 0.865. The first-order chi connectivity index (χ1) is 11.7. The Morgan fingerprint density at radius 1 is 1.29 bits per heavy atom. The third-order valence-corrected chi connectivity index (χ3v) is 5.07. The number of hydrogen-bond acceptors (Lipinski definition) is 5. The number of carbonyl (C=O) groups is 1. The van der Waals surface area contributed by atoms with E-state index in [2.05, 4.69) is 10.3 Å². The Balaban J connectivity index is 1.50. The number of ether oxygens (including phenoxy) is 2. The molecule has 0 radical (unpaired) electrons. The molecule has 1 aliphatic rings. The molecule has 0 atom stereocenters. The Bertz CT molecular complexity index is 704. The van der Waals surface area contributed by atoms with Gasteiger partial charge in [0.1, 0.15) is 0 Å². The predicted octanol–water partition coefficient (Wildman–Crippen LogP) is 3.75. The van der Waals surface area contributed by atoms with Crippen molar-refractivity contribution in [2.24, 2.45) is 0 Å². The van der Waals surface area contributed by atoms with E-state index in [9.17, 15) is 4.79 Å². The Morgan fingerprint density at radius 3 is 2.92 bits per heavy atom. The van der Waals surface area contributed by atoms with Crippen LogP contribution in [0.5, 0.6) is 11.5 Å². The summed E-state index contributed by atoms with van der Waals surface area (Å²) < 4.78 is 11.0. The van der Waals surface area contributed by atoms with Gasteiger partial charge in [0.25, 0.3) is 0 Å². The van der Waals surface area contributed by atoms with Crippen molar-refractivity contribution in [3.8, 4) is 11.5 Å². The van der Waals surface area contributed by atoms with Crippen molar-refractivity contribution in [3.05, 3.63) is 34.3 Å². The fraction of sp³-hybridized carbons (Fsp3) is 0.444. The number of benzene rings is 1. The number of aromatic nitrogens is 1. The van der Waals surface area contributed by atoms with Gasteiger partial charge in [-0.3, -0.25) is 4.79 Å². The van der Waals surface area contributed by atoms with Gasteiger partial charge in [0, 0.05) is 4.88 Å². The number of carbonyl (C=O) groups excluding carboxylic acids is 1. The second-order valence-corrected chi connectivity index (χ2v) is 6.98. The average Bonchev–Trinajstić information content (AvgIpc) is 2.98. The minimum absolute atomic E-state index is 0.0767. The lowest BCUT2D eigenvalue weighted by Crippen LogP contribution is -2.15. The molecule has 0 unspecified atom stereocenters. The molecule has 0 spiro atoms. The van der Waals surface area contributed by atoms with Gasteiger partial charge in [-0.05, 0) is 50.3 Å². The molecular formula is C18H22N2O3S. The van der Waals surface area contributed by atoms with Crippen molar-refractivity contribution in [2.45, 2.75) is 39.0 Å². The van der Waals surface area contributed by atoms with Gasteiger partial charge in [-0.25, -0.2) is 4.98 Å². The van der Waals surface area contributed by atoms with Crippen LogP contribution in [0.15, 0.2) is 18.2 Å². The number of rotatable bonds is 6. The summed E-state index contributed by atoms with van der Waals surface area (Å²) in [5, 5.41) is 3.59. The van der Waals surface area contributed by atoms with Gasteiger partial charge in [0.05, 0.1) is 25.8 Å². The van der Waals surface area contributed by atoms with Crippen molar-refractivity contribution in [2.75, 3.05) is 19.0 Å². The lowest BCUT2D eigenvalue weighted by molar-refractivity contribution is -0.116. The van der Waals surface area contributed by atoms with Gasteiger partial charge in [-0.2, -0.15) is 0 Å². The molecule has 24 heavy (non-hydrogen) atoms. The maximum atomic E-state index is 12.1. The molecular weight excluding hydrogens is 324 g/mol. The normalized spacial score (nSPS) is 13.2. The first-order valence-electron chi connectivity index (χ1n) is 8.21. The van der Waals surface area contributed by atoms with Crippen molar-refractivity contribution in [3.63, 3.8) is 0 Å². The standard InChI is InChI=1S/C18H22N2O3S/c1-12-7-8-14(15(11-12)22-2)23-10-9-17(21)20-18-19-13-5-3-4-6-16(13)24-18/h7-8,11H,3-6,9-10H2,1-2H3,(H,19,20,21). The molecule has 5 nitrogen and oxygen atoms in total. The van der Waals surface area contributed by atoms with Crippen molar-refractivity contribution >= 4 is 22.4 Å². The zero-order valence-corrected chi connectivity index (χ0v) is 14.9. The van der Waals surface area contributed by atoms with Gasteiger partial charge in [-0.15, -0.1) is 11.3 Å². The van der Waals surface area contributed by atoms with Crippen LogP contribution in [-0.4, -0.2) is 24.6 Å². The first kappa shape index (κ1) is 16.8. The summed E-state index contributed by atoms with van der Waals surface area (Å²) in [6, 6.07) is 5.73. The summed E-state index contributed by atoms with van der Waals surface area (Å²) >= 11 is 1.60. The Labute approximate surface area is 146 Å². The second-order valence-electron chi connectivity index (χ2n) is 5.90. The molecule has 1 amide bonds. The van der Waals surface area contributed by atoms with Gasteiger partial charge in [0.2, 0.25) is 5.91 Å². The summed E-state index contributed by atoms with van der Waals surface area (Å²) in [7, 11) is 1.61. The number of fused-ring (bicyclic) bond motifs is 1. The van der Waals surface area contributed by atoms with Crippen LogP contribution in [0.1, 0.15) is 35.4 Å². The first-order valence-corrected chi connectivity index (χ1v) is 9.03. The lowest BCUT2D eigenvalue weighted by Gasteiger charge is -2.11. The molecule has 1 aliphatic carbocycles. The molecule has 0 saturated carbocycles. The molecule has 0 saturated heterocycles. The highest BCUT2D eigenvalue weighted by Crippen LogP contribution is 2.30. The molecule has 2 aromatic rings. The van der Waals surface area contributed by atoms with Crippen LogP contribution in [0, 0.1) is 6.92 Å². The predicted molar refractivity (Wildman–Crippen MR) is 95.2 cm³/mol. The number of nitrogens with one attached hydrogen (secondary N) is 1. The van der Waals surface area contributed by atoms with E-state index in [1.54, 1.807) is 18.4 Å². The summed E-state index contributed by atoms with van der Waals surface area (Å²) in [6.45, 7) is 2.30. The molecule has 1 aromatic heterocycles. The lowest BCUT2D eigenvalue weighted by atomic mass is 10.0. The van der Waals surface area contributed by atoms with Gasteiger partial charge >= 0.3 is 0 Å². The minimum atomic E-state index is -0.0767. The van der Waals surface area contributed by atoms with E-state index < -0.39 is 0 Å². The van der Waals surface area contributed by atoms with Crippen LogP contribution < -0.4 is 14.8 Å². The monoisotopic (exact) mass is 346 g/mol. The van der Waals surface area contributed by atoms with Crippen molar-refractivity contribution in [1.29, 1.82) is 0 Å². The van der Waals surface area contributed by atoms with Crippen LogP contribution >= 0.6 is 11.3 Å². The van der Waals surface area contributed by atoms with Crippen LogP contribution in [0.3, 0.4) is 0 Å². The maximum Gasteiger partial charge on any atom is 0.229 e. The molecule has 128 valence electrons. The number of aryl methyl sites for hydroxylation is 3. The van der Waals surface area contributed by atoms with Gasteiger partial charge < -0.3 is 14.8 Å². The van der Waals surface area contributed by atoms with Crippen LogP contribution in [0.4, 0.5) is 5.13 Å². The molecule has 0 bridgehead atoms. The zero-order valence-electron chi connectivity index (χ0n) is 14.1. The molecule has 1 N–H and O–H groups in total. The Hall–Kier alpha value is -2.08. The number of anilines is 1. The second kappa shape index (κ2) is 7.66. The highest BCUT2D eigenvalue weighted by molar-refractivity contribution is 7.15. The van der Waals surface area contributed by atoms with E-state index in [1.165, 1.54) is 17.7 Å². The Kier molecular flexibility index (Phi) is 5.35. The number of nitrogens with zero attached hydrogens (tertiary/aromatic N) is 1. The van der Waals surface area contributed by atoms with E-state index in [0.717, 1.165) is 24.1 Å². The van der Waals surface area contributed by atoms with E-state index in [0.29, 0.717) is 23.2 Å². The van der Waals surface area contributed by atoms with Gasteiger partial charge in [0.15, 0.2) is 16.6 Å². The number of hydrogen-bond donors (Lipinski definition) is 1. The summed E-state index contributed by atoms with van der Waals surface area (Å²) in [6.07, 6.45) is 4.80. The summed E-state index contributed by atoms with van der Waals surface area (Å²) in [5.74, 6) is 1.26. The smallest absolute Gasteiger partial charge is 0.229 e. The van der Waals surface area contributed by atoms with Crippen LogP contribution in [-0.2, 0) is 17.6 Å². The third-order valence-electron chi connectivity index (χ3n) is 4.00.